The molecule has 0 bridgehead atoms. The standard InChI is InChI=1S/C7H7.3C6H5.Sn/c1-2-4-6-7-5-3-1;3*1-2-4-6-5-3-1;/h1-7H;3*1-5H;. The molecule has 0 nitrogen and oxygen atoms in total. The molecule has 0 aromatic heterocycles. The zero-order valence-corrected chi connectivity index (χ0v) is 17.6. The van der Waals surface area contributed by atoms with Gasteiger partial charge in [-0.3, -0.25) is 0 Å². The van der Waals surface area contributed by atoms with Crippen LogP contribution in [0, 0.1) is 0 Å². The molecular formula is C25H22Sn. The average Bonchev–Trinajstić information content (AvgIpc) is 3.01. The predicted octanol–water partition coefficient (Wildman–Crippen LogP) is 4.21. The first-order valence-electron chi connectivity index (χ1n) is 9.10. The Morgan fingerprint density at radius 2 is 0.769 bits per heavy atom. The predicted molar refractivity (Wildman–Crippen MR) is 115 cm³/mol. The summed E-state index contributed by atoms with van der Waals surface area (Å²) in [6.07, 6.45) is 13.5. The van der Waals surface area contributed by atoms with Crippen LogP contribution in [0.3, 0.4) is 0 Å². The van der Waals surface area contributed by atoms with E-state index in [-0.39, 0.29) is 0 Å². The minimum atomic E-state index is -3.29. The first-order chi connectivity index (χ1) is 12.9. The first kappa shape index (κ1) is 17.1. The Morgan fingerprint density at radius 1 is 0.423 bits per heavy atom. The minimum absolute atomic E-state index is 0.423. The Morgan fingerprint density at radius 3 is 1.12 bits per heavy atom. The van der Waals surface area contributed by atoms with Crippen LogP contribution in [-0.2, 0) is 0 Å². The summed E-state index contributed by atoms with van der Waals surface area (Å²) in [6.45, 7) is 0. The molecule has 1 aliphatic rings. The van der Waals surface area contributed by atoms with Crippen LogP contribution in [0.2, 0.25) is 3.93 Å². The molecule has 0 saturated carbocycles. The van der Waals surface area contributed by atoms with Crippen molar-refractivity contribution in [3.63, 3.8) is 0 Å². The van der Waals surface area contributed by atoms with E-state index in [0.717, 1.165) is 0 Å². The van der Waals surface area contributed by atoms with Crippen LogP contribution < -0.4 is 10.7 Å². The third kappa shape index (κ3) is 3.10. The van der Waals surface area contributed by atoms with Crippen LogP contribution >= 0.6 is 0 Å². The summed E-state index contributed by atoms with van der Waals surface area (Å²) >= 11 is -3.29. The third-order valence-electron chi connectivity index (χ3n) is 5.16. The van der Waals surface area contributed by atoms with Crippen LogP contribution in [0.1, 0.15) is 0 Å². The van der Waals surface area contributed by atoms with Crippen molar-refractivity contribution in [3.8, 4) is 0 Å². The van der Waals surface area contributed by atoms with Crippen molar-refractivity contribution in [1.29, 1.82) is 0 Å². The summed E-state index contributed by atoms with van der Waals surface area (Å²) in [5.41, 5.74) is 0. The molecule has 0 fully saturated rings. The average molecular weight is 441 g/mol. The number of benzene rings is 3. The van der Waals surface area contributed by atoms with Crippen LogP contribution in [0.5, 0.6) is 0 Å². The van der Waals surface area contributed by atoms with Gasteiger partial charge in [0.15, 0.2) is 0 Å². The van der Waals surface area contributed by atoms with Crippen molar-refractivity contribution < 1.29 is 0 Å². The van der Waals surface area contributed by atoms with E-state index in [2.05, 4.69) is 127 Å². The van der Waals surface area contributed by atoms with Gasteiger partial charge in [-0.05, 0) is 0 Å². The molecule has 0 atom stereocenters. The fourth-order valence-corrected chi connectivity index (χ4v) is 18.6. The Bertz CT molecular complexity index is 809. The Labute approximate surface area is 160 Å². The van der Waals surface area contributed by atoms with E-state index in [9.17, 15) is 0 Å². The van der Waals surface area contributed by atoms with E-state index in [0.29, 0.717) is 3.93 Å². The summed E-state index contributed by atoms with van der Waals surface area (Å²) < 4.78 is 4.97. The summed E-state index contributed by atoms with van der Waals surface area (Å²) in [7, 11) is 0. The summed E-state index contributed by atoms with van der Waals surface area (Å²) in [5, 5.41) is 0. The van der Waals surface area contributed by atoms with Gasteiger partial charge in [0.25, 0.3) is 0 Å². The quantitative estimate of drug-likeness (QED) is 0.533. The van der Waals surface area contributed by atoms with Crippen molar-refractivity contribution in [2.24, 2.45) is 0 Å². The first-order valence-corrected chi connectivity index (χ1v) is 15.0. The SMILES string of the molecule is C1=CC=C[CH]([Sn]([c]2ccccc2)([c]2ccccc2)[c]2ccccc2)C=C1. The third-order valence-corrected chi connectivity index (χ3v) is 19.8. The van der Waals surface area contributed by atoms with Gasteiger partial charge in [-0.2, -0.15) is 0 Å². The van der Waals surface area contributed by atoms with E-state index in [1.165, 1.54) is 10.7 Å². The molecule has 1 aliphatic carbocycles. The normalized spacial score (nSPS) is 14.3. The van der Waals surface area contributed by atoms with Crippen LogP contribution in [0.15, 0.2) is 127 Å². The summed E-state index contributed by atoms with van der Waals surface area (Å²) in [5.74, 6) is 0. The Hall–Kier alpha value is -2.32. The van der Waals surface area contributed by atoms with E-state index in [4.69, 9.17) is 0 Å². The zero-order valence-electron chi connectivity index (χ0n) is 14.7. The number of allylic oxidation sites excluding steroid dienone is 6. The molecule has 26 heavy (non-hydrogen) atoms. The molecular weight excluding hydrogens is 419 g/mol. The second kappa shape index (κ2) is 7.92. The molecule has 0 spiro atoms. The van der Waals surface area contributed by atoms with Gasteiger partial charge in [0, 0.05) is 0 Å². The molecule has 0 N–H and O–H groups in total. The number of hydrogen-bond donors (Lipinski definition) is 0. The van der Waals surface area contributed by atoms with Gasteiger partial charge in [-0.15, -0.1) is 0 Å². The molecule has 4 rings (SSSR count). The molecule has 0 saturated heterocycles. The van der Waals surface area contributed by atoms with Gasteiger partial charge >= 0.3 is 161 Å². The van der Waals surface area contributed by atoms with Crippen molar-refractivity contribution in [3.05, 3.63) is 127 Å². The number of hydrogen-bond acceptors (Lipinski definition) is 0. The van der Waals surface area contributed by atoms with Crippen LogP contribution in [0.4, 0.5) is 0 Å². The van der Waals surface area contributed by atoms with Gasteiger partial charge in [-0.25, -0.2) is 0 Å². The molecule has 3 aromatic rings. The molecule has 126 valence electrons. The van der Waals surface area contributed by atoms with E-state index in [1.807, 2.05) is 0 Å². The topological polar surface area (TPSA) is 0 Å². The molecule has 3 aromatic carbocycles. The van der Waals surface area contributed by atoms with Gasteiger partial charge in [-0.1, -0.05) is 0 Å². The maximum atomic E-state index is 2.41. The number of rotatable bonds is 4. The Kier molecular flexibility index (Phi) is 5.21. The fourth-order valence-electron chi connectivity index (χ4n) is 4.03. The van der Waals surface area contributed by atoms with Crippen molar-refractivity contribution in [1.82, 2.24) is 0 Å². The maximum absolute atomic E-state index is 3.29. The molecule has 0 radical (unpaired) electrons. The molecule has 0 heterocycles. The van der Waals surface area contributed by atoms with Crippen molar-refractivity contribution in [2.45, 2.75) is 3.93 Å². The second-order valence-electron chi connectivity index (χ2n) is 6.59. The van der Waals surface area contributed by atoms with Gasteiger partial charge in [0.1, 0.15) is 0 Å². The molecule has 1 heteroatoms. The van der Waals surface area contributed by atoms with E-state index < -0.39 is 18.4 Å². The monoisotopic (exact) mass is 442 g/mol. The zero-order chi connectivity index (χ0) is 17.7. The van der Waals surface area contributed by atoms with Gasteiger partial charge < -0.3 is 0 Å². The molecule has 0 unspecified atom stereocenters. The summed E-state index contributed by atoms with van der Waals surface area (Å²) in [6, 6.07) is 33.6. The Balaban J connectivity index is 2.07. The van der Waals surface area contributed by atoms with Crippen LogP contribution in [-0.4, -0.2) is 18.4 Å². The van der Waals surface area contributed by atoms with E-state index in [1.54, 1.807) is 0 Å². The van der Waals surface area contributed by atoms with Gasteiger partial charge in [0.05, 0.1) is 0 Å². The van der Waals surface area contributed by atoms with Crippen molar-refractivity contribution >= 4 is 29.1 Å². The van der Waals surface area contributed by atoms with E-state index >= 15 is 0 Å². The van der Waals surface area contributed by atoms with Crippen molar-refractivity contribution in [2.75, 3.05) is 0 Å². The molecule has 0 aliphatic heterocycles. The fraction of sp³-hybridized carbons (Fsp3) is 0.0400. The van der Waals surface area contributed by atoms with Gasteiger partial charge in [0.2, 0.25) is 0 Å². The second-order valence-corrected chi connectivity index (χ2v) is 18.0. The molecule has 0 amide bonds. The van der Waals surface area contributed by atoms with Crippen LogP contribution in [0.25, 0.3) is 0 Å². The summed E-state index contributed by atoms with van der Waals surface area (Å²) in [4.78, 5) is 0.